The molecule has 0 aliphatic heterocycles. The van der Waals surface area contributed by atoms with Crippen LogP contribution in [-0.2, 0) is 14.8 Å². The average molecular weight is 380 g/mol. The van der Waals surface area contributed by atoms with Gasteiger partial charge in [-0.2, -0.15) is 5.26 Å². The Labute approximate surface area is 150 Å². The summed E-state index contributed by atoms with van der Waals surface area (Å²) < 4.78 is 47.6. The van der Waals surface area contributed by atoms with Crippen molar-refractivity contribution in [2.24, 2.45) is 0 Å². The van der Waals surface area contributed by atoms with E-state index in [0.717, 1.165) is 7.11 Å². The van der Waals surface area contributed by atoms with Gasteiger partial charge in [-0.3, -0.25) is 0 Å². The molecule has 1 heterocycles. The summed E-state index contributed by atoms with van der Waals surface area (Å²) in [5.41, 5.74) is -0.426. The number of hydrogen-bond acceptors (Lipinski definition) is 8. The lowest BCUT2D eigenvalue weighted by Crippen LogP contribution is -2.15. The second-order valence-corrected chi connectivity index (χ2v) is 6.61. The topological polar surface area (TPSA) is 128 Å². The summed E-state index contributed by atoms with van der Waals surface area (Å²) in [6, 6.07) is 5.96. The number of nitrogens with zero attached hydrogens (tertiary/aromatic N) is 1. The molecule has 2 aromatic rings. The number of carbonyl (C=O) groups excluding carboxylic acids is 1. The van der Waals surface area contributed by atoms with E-state index < -0.39 is 21.9 Å². The summed E-state index contributed by atoms with van der Waals surface area (Å²) in [6.07, 6.45) is 0. The number of furan rings is 1. The predicted molar refractivity (Wildman–Crippen MR) is 89.9 cm³/mol. The Bertz CT molecular complexity index is 987. The molecule has 0 saturated heterocycles. The van der Waals surface area contributed by atoms with Crippen LogP contribution in [0.15, 0.2) is 27.5 Å². The minimum atomic E-state index is -4.21. The molecule has 1 aromatic carbocycles. The first-order valence-corrected chi connectivity index (χ1v) is 8.64. The first-order chi connectivity index (χ1) is 12.3. The second kappa shape index (κ2) is 7.37. The minimum absolute atomic E-state index is 0.0451. The van der Waals surface area contributed by atoms with Crippen molar-refractivity contribution in [3.8, 4) is 17.6 Å². The van der Waals surface area contributed by atoms with Crippen molar-refractivity contribution in [1.82, 2.24) is 0 Å². The molecule has 0 aliphatic rings. The van der Waals surface area contributed by atoms with E-state index in [0.29, 0.717) is 0 Å². The van der Waals surface area contributed by atoms with Crippen LogP contribution < -0.4 is 14.2 Å². The van der Waals surface area contributed by atoms with Crippen LogP contribution in [0.4, 0.5) is 5.88 Å². The van der Waals surface area contributed by atoms with Crippen LogP contribution in [0.1, 0.15) is 21.7 Å². The van der Waals surface area contributed by atoms with Crippen molar-refractivity contribution >= 4 is 21.9 Å². The van der Waals surface area contributed by atoms with Gasteiger partial charge < -0.3 is 18.6 Å². The minimum Gasteiger partial charge on any atom is -0.497 e. The van der Waals surface area contributed by atoms with Gasteiger partial charge >= 0.3 is 5.97 Å². The van der Waals surface area contributed by atoms with Crippen molar-refractivity contribution in [3.63, 3.8) is 0 Å². The monoisotopic (exact) mass is 380 g/mol. The number of hydrogen-bond donors (Lipinski definition) is 1. The summed E-state index contributed by atoms with van der Waals surface area (Å²) in [4.78, 5) is 11.6. The molecule has 0 bridgehead atoms. The molecule has 0 amide bonds. The summed E-state index contributed by atoms with van der Waals surface area (Å²) >= 11 is 0. The lowest BCUT2D eigenvalue weighted by atomic mass is 10.1. The number of nitriles is 1. The molecule has 0 atom stereocenters. The van der Waals surface area contributed by atoms with Gasteiger partial charge in [-0.05, 0) is 19.1 Å². The van der Waals surface area contributed by atoms with Crippen molar-refractivity contribution in [2.75, 3.05) is 26.1 Å². The van der Waals surface area contributed by atoms with Gasteiger partial charge in [-0.1, -0.05) is 0 Å². The van der Waals surface area contributed by atoms with E-state index in [1.165, 1.54) is 39.3 Å². The van der Waals surface area contributed by atoms with E-state index in [4.69, 9.17) is 13.9 Å². The van der Waals surface area contributed by atoms with Crippen molar-refractivity contribution in [3.05, 3.63) is 35.1 Å². The Kier molecular flexibility index (Phi) is 5.42. The van der Waals surface area contributed by atoms with E-state index in [9.17, 15) is 18.5 Å². The molecule has 10 heteroatoms. The van der Waals surface area contributed by atoms with Crippen LogP contribution in [0.25, 0.3) is 0 Å². The van der Waals surface area contributed by atoms with Crippen LogP contribution in [0.2, 0.25) is 0 Å². The van der Waals surface area contributed by atoms with Gasteiger partial charge in [0.05, 0.1) is 21.3 Å². The number of aryl methyl sites for hydroxylation is 1. The standard InChI is InChI=1S/C16H16N2O7S/c1-9-14(16(19)24-4)11(8-17)15(25-9)18-26(20,21)13-7-10(22-2)5-6-12(13)23-3/h5-7,18H,1-4H3. The highest BCUT2D eigenvalue weighted by Crippen LogP contribution is 2.33. The fourth-order valence-corrected chi connectivity index (χ4v) is 3.43. The maximum Gasteiger partial charge on any atom is 0.342 e. The second-order valence-electron chi connectivity index (χ2n) is 4.96. The zero-order valence-corrected chi connectivity index (χ0v) is 15.3. The van der Waals surface area contributed by atoms with Crippen LogP contribution >= 0.6 is 0 Å². The number of nitrogens with one attached hydrogen (secondary N) is 1. The van der Waals surface area contributed by atoms with Gasteiger partial charge in [-0.25, -0.2) is 17.9 Å². The number of ether oxygens (including phenoxy) is 3. The number of benzene rings is 1. The smallest absolute Gasteiger partial charge is 0.342 e. The Hall–Kier alpha value is -3.19. The largest absolute Gasteiger partial charge is 0.497 e. The Balaban J connectivity index is 2.55. The molecular weight excluding hydrogens is 364 g/mol. The van der Waals surface area contributed by atoms with Gasteiger partial charge in [0.25, 0.3) is 10.0 Å². The Morgan fingerprint density at radius 1 is 1.23 bits per heavy atom. The number of anilines is 1. The van der Waals surface area contributed by atoms with Gasteiger partial charge in [0, 0.05) is 6.07 Å². The molecule has 1 N–H and O–H groups in total. The normalized spacial score (nSPS) is 10.7. The lowest BCUT2D eigenvalue weighted by Gasteiger charge is -2.11. The number of methoxy groups -OCH3 is 3. The first-order valence-electron chi connectivity index (χ1n) is 7.15. The fraction of sp³-hybridized carbons (Fsp3) is 0.250. The highest BCUT2D eigenvalue weighted by atomic mass is 32.2. The molecule has 9 nitrogen and oxygen atoms in total. The number of esters is 1. The van der Waals surface area contributed by atoms with Crippen molar-refractivity contribution < 1.29 is 31.8 Å². The molecule has 1 aromatic heterocycles. The molecular formula is C16H16N2O7S. The first kappa shape index (κ1) is 19.1. The highest BCUT2D eigenvalue weighted by Gasteiger charge is 2.29. The maximum atomic E-state index is 12.7. The molecule has 2 rings (SSSR count). The van der Waals surface area contributed by atoms with Gasteiger partial charge in [0.2, 0.25) is 5.88 Å². The third-order valence-electron chi connectivity index (χ3n) is 3.47. The lowest BCUT2D eigenvalue weighted by molar-refractivity contribution is 0.0598. The van der Waals surface area contributed by atoms with Gasteiger partial charge in [0.1, 0.15) is 39.4 Å². The van der Waals surface area contributed by atoms with E-state index in [2.05, 4.69) is 9.46 Å². The van der Waals surface area contributed by atoms with Crippen molar-refractivity contribution in [1.29, 1.82) is 5.26 Å². The average Bonchev–Trinajstić information content (AvgIpc) is 2.94. The molecule has 0 aliphatic carbocycles. The van der Waals surface area contributed by atoms with E-state index in [1.54, 1.807) is 6.07 Å². The molecule has 26 heavy (non-hydrogen) atoms. The zero-order chi connectivity index (χ0) is 19.5. The quantitative estimate of drug-likeness (QED) is 0.754. The number of rotatable bonds is 6. The maximum absolute atomic E-state index is 12.7. The van der Waals surface area contributed by atoms with E-state index in [1.807, 2.05) is 0 Å². The van der Waals surface area contributed by atoms with Crippen molar-refractivity contribution in [2.45, 2.75) is 11.8 Å². The van der Waals surface area contributed by atoms with Gasteiger partial charge in [0.15, 0.2) is 0 Å². The molecule has 0 unspecified atom stereocenters. The number of sulfonamides is 1. The molecule has 138 valence electrons. The Morgan fingerprint density at radius 3 is 2.46 bits per heavy atom. The molecule has 0 radical (unpaired) electrons. The summed E-state index contributed by atoms with van der Waals surface area (Å²) in [5.74, 6) is -0.808. The number of carbonyl (C=O) groups is 1. The summed E-state index contributed by atoms with van der Waals surface area (Å²) in [6.45, 7) is 1.41. The fourth-order valence-electron chi connectivity index (χ4n) is 2.24. The van der Waals surface area contributed by atoms with Crippen LogP contribution in [0.5, 0.6) is 11.5 Å². The summed E-state index contributed by atoms with van der Waals surface area (Å²) in [7, 11) is -0.369. The van der Waals surface area contributed by atoms with E-state index >= 15 is 0 Å². The molecule has 0 saturated carbocycles. The highest BCUT2D eigenvalue weighted by molar-refractivity contribution is 7.92. The SMILES string of the molecule is COC(=O)c1c(C)oc(NS(=O)(=O)c2cc(OC)ccc2OC)c1C#N. The van der Waals surface area contributed by atoms with Gasteiger partial charge in [-0.15, -0.1) is 0 Å². The zero-order valence-electron chi connectivity index (χ0n) is 14.4. The van der Waals surface area contributed by atoms with Crippen LogP contribution in [0, 0.1) is 18.3 Å². The van der Waals surface area contributed by atoms with E-state index in [-0.39, 0.29) is 33.3 Å². The third kappa shape index (κ3) is 3.43. The predicted octanol–water partition coefficient (Wildman–Crippen LogP) is 2.06. The molecule has 0 spiro atoms. The third-order valence-corrected chi connectivity index (χ3v) is 4.83. The van der Waals surface area contributed by atoms with Crippen LogP contribution in [-0.4, -0.2) is 35.7 Å². The van der Waals surface area contributed by atoms with Crippen LogP contribution in [0.3, 0.4) is 0 Å². The Morgan fingerprint density at radius 2 is 1.92 bits per heavy atom. The summed E-state index contributed by atoms with van der Waals surface area (Å²) in [5, 5.41) is 9.31. The molecule has 0 fully saturated rings.